The molecule has 0 aromatic carbocycles. The fourth-order valence-electron chi connectivity index (χ4n) is 4.13. The molecule has 7 heteroatoms. The van der Waals surface area contributed by atoms with Gasteiger partial charge in [-0.15, -0.1) is 0 Å². The van der Waals surface area contributed by atoms with Crippen molar-refractivity contribution < 1.29 is 23.7 Å². The van der Waals surface area contributed by atoms with E-state index in [9.17, 15) is 4.79 Å². The van der Waals surface area contributed by atoms with Crippen LogP contribution in [0.2, 0.25) is 13.3 Å². The van der Waals surface area contributed by atoms with E-state index in [1.807, 2.05) is 34.6 Å². The summed E-state index contributed by atoms with van der Waals surface area (Å²) in [6.45, 7) is 17.0. The van der Waals surface area contributed by atoms with Crippen LogP contribution in [0, 0.1) is 0 Å². The van der Waals surface area contributed by atoms with Crippen molar-refractivity contribution in [2.45, 2.75) is 131 Å². The molecule has 0 radical (unpaired) electrons. The zero-order valence-corrected chi connectivity index (χ0v) is 25.0. The first kappa shape index (κ1) is 30.0. The summed E-state index contributed by atoms with van der Waals surface area (Å²) in [6, 6.07) is -0.292. The van der Waals surface area contributed by atoms with E-state index < -0.39 is 35.9 Å². The van der Waals surface area contributed by atoms with Gasteiger partial charge in [0.1, 0.15) is 0 Å². The second kappa shape index (κ2) is 14.4. The molecule has 1 amide bonds. The van der Waals surface area contributed by atoms with Crippen LogP contribution in [0.4, 0.5) is 4.79 Å². The van der Waals surface area contributed by atoms with Crippen molar-refractivity contribution in [3.8, 4) is 0 Å². The molecule has 1 aliphatic heterocycles. The predicted octanol–water partition coefficient (Wildman–Crippen LogP) is 6.44. The number of rotatable bonds is 13. The number of carbonyl (C=O) groups excluding carboxylic acids is 1. The molecule has 0 bridgehead atoms. The second-order valence-electron chi connectivity index (χ2n) is 10.9. The third-order valence-corrected chi connectivity index (χ3v) is 20.5. The quantitative estimate of drug-likeness (QED) is 0.261. The number of ether oxygens (including phenoxy) is 4. The first-order chi connectivity index (χ1) is 15.0. The molecule has 6 nitrogen and oxygen atoms in total. The van der Waals surface area contributed by atoms with Crippen LogP contribution in [0.5, 0.6) is 0 Å². The van der Waals surface area contributed by atoms with Crippen LogP contribution in [0.15, 0.2) is 0 Å². The monoisotopic (exact) mass is 565 g/mol. The third-order valence-electron chi connectivity index (χ3n) is 6.14. The zero-order valence-electron chi connectivity index (χ0n) is 22.2. The topological polar surface area (TPSA) is 66.0 Å². The van der Waals surface area contributed by atoms with Crippen LogP contribution in [0.25, 0.3) is 0 Å². The molecule has 1 rings (SSSR count). The Morgan fingerprint density at radius 3 is 1.94 bits per heavy atom. The standard InChI is InChI=1S/C13H24NO5.3C4H9.Sn/c1-12(2,3)19-11(15)14-9-7-17-13(4,5)18-8-10(9)16-6;3*1-3-4-2;/h9-10H,6-8H2,1-5H3,(H,14,15);3*1,3-4H2,2H3;/t9-,10-;;;;/m1..../s1. The Bertz CT molecular complexity index is 513. The SMILES string of the molecule is CCC[CH2][Sn]([CH2]CCC)([CH2]CCC)[CH2]O[C@@H]1COC(C)(C)OC[C@H]1NC(=O)OC(C)(C)C. The molecule has 0 spiro atoms. The number of nitrogens with one attached hydrogen (secondary N) is 1. The van der Waals surface area contributed by atoms with E-state index in [1.54, 1.807) is 0 Å². The summed E-state index contributed by atoms with van der Waals surface area (Å²) < 4.78 is 29.2. The van der Waals surface area contributed by atoms with Gasteiger partial charge in [0, 0.05) is 0 Å². The molecule has 0 aliphatic carbocycles. The van der Waals surface area contributed by atoms with Crippen LogP contribution in [0.1, 0.15) is 93.9 Å². The summed E-state index contributed by atoms with van der Waals surface area (Å²) in [4.78, 5) is 12.5. The van der Waals surface area contributed by atoms with Crippen molar-refractivity contribution in [3.63, 3.8) is 0 Å². The maximum absolute atomic E-state index is 12.5. The Balaban J connectivity index is 2.97. The fourth-order valence-corrected chi connectivity index (χ4v) is 18.6. The number of amides is 1. The molecule has 0 aromatic heterocycles. The van der Waals surface area contributed by atoms with Crippen LogP contribution >= 0.6 is 0 Å². The van der Waals surface area contributed by atoms with Crippen LogP contribution in [-0.4, -0.2) is 65.8 Å². The van der Waals surface area contributed by atoms with E-state index in [0.29, 0.717) is 13.2 Å². The van der Waals surface area contributed by atoms with Gasteiger partial charge in [0.25, 0.3) is 0 Å². The van der Waals surface area contributed by atoms with Crippen LogP contribution in [-0.2, 0) is 18.9 Å². The molecule has 1 fully saturated rings. The average molecular weight is 564 g/mol. The predicted molar refractivity (Wildman–Crippen MR) is 134 cm³/mol. The van der Waals surface area contributed by atoms with E-state index in [2.05, 4.69) is 26.1 Å². The molecule has 0 saturated carbocycles. The van der Waals surface area contributed by atoms with Crippen molar-refractivity contribution in [1.82, 2.24) is 5.32 Å². The van der Waals surface area contributed by atoms with Crippen LogP contribution in [0.3, 0.4) is 0 Å². The Morgan fingerprint density at radius 1 is 0.969 bits per heavy atom. The van der Waals surface area contributed by atoms with Gasteiger partial charge in [-0.2, -0.15) is 0 Å². The van der Waals surface area contributed by atoms with Crippen molar-refractivity contribution in [2.75, 3.05) is 17.8 Å². The number of hydrogen-bond acceptors (Lipinski definition) is 5. The molecule has 1 aliphatic rings. The van der Waals surface area contributed by atoms with E-state index in [4.69, 9.17) is 18.9 Å². The minimum atomic E-state index is -2.46. The Labute approximate surface area is 201 Å². The summed E-state index contributed by atoms with van der Waals surface area (Å²) in [5.41, 5.74) is -0.548. The number of unbranched alkanes of at least 4 members (excludes halogenated alkanes) is 3. The van der Waals surface area contributed by atoms with Crippen molar-refractivity contribution in [2.24, 2.45) is 0 Å². The number of alkyl carbamates (subject to hydrolysis) is 1. The molecule has 0 unspecified atom stereocenters. The summed E-state index contributed by atoms with van der Waals surface area (Å²) >= 11 is -2.46. The molecular formula is C25H51NO5Sn. The summed E-state index contributed by atoms with van der Waals surface area (Å²) in [7, 11) is 0. The first-order valence-corrected chi connectivity index (χ1v) is 20.9. The van der Waals surface area contributed by atoms with Crippen molar-refractivity contribution in [3.05, 3.63) is 0 Å². The molecule has 0 aromatic rings. The zero-order chi connectivity index (χ0) is 24.3. The molecule has 1 saturated heterocycles. The first-order valence-electron chi connectivity index (χ1n) is 12.8. The molecule has 1 N–H and O–H groups in total. The Hall–Kier alpha value is -0.0513. The summed E-state index contributed by atoms with van der Waals surface area (Å²) in [6.07, 6.45) is 7.00. The molecule has 2 atom stereocenters. The Morgan fingerprint density at radius 2 is 1.47 bits per heavy atom. The van der Waals surface area contributed by atoms with Gasteiger partial charge in [0.2, 0.25) is 0 Å². The second-order valence-corrected chi connectivity index (χ2v) is 24.6. The molecule has 190 valence electrons. The van der Waals surface area contributed by atoms with Gasteiger partial charge >= 0.3 is 202 Å². The van der Waals surface area contributed by atoms with Gasteiger partial charge in [-0.3, -0.25) is 0 Å². The van der Waals surface area contributed by atoms with Gasteiger partial charge in [0.15, 0.2) is 0 Å². The normalized spacial score (nSPS) is 21.8. The van der Waals surface area contributed by atoms with Crippen molar-refractivity contribution in [1.29, 1.82) is 0 Å². The number of carbonyl (C=O) groups is 1. The fraction of sp³-hybridized carbons (Fsp3) is 0.960. The summed E-state index contributed by atoms with van der Waals surface area (Å²) in [5, 5.41) is 3.00. The maximum atomic E-state index is 12.5. The third kappa shape index (κ3) is 11.9. The number of hydrogen-bond donors (Lipinski definition) is 1. The van der Waals surface area contributed by atoms with Gasteiger partial charge in [-0.25, -0.2) is 0 Å². The summed E-state index contributed by atoms with van der Waals surface area (Å²) in [5.74, 6) is -0.695. The van der Waals surface area contributed by atoms with E-state index in [-0.39, 0.29) is 12.1 Å². The minimum absolute atomic E-state index is 0.231. The van der Waals surface area contributed by atoms with Gasteiger partial charge in [-0.05, 0) is 0 Å². The molecular weight excluding hydrogens is 513 g/mol. The average Bonchev–Trinajstić information content (AvgIpc) is 2.84. The van der Waals surface area contributed by atoms with E-state index >= 15 is 0 Å². The van der Waals surface area contributed by atoms with Crippen LogP contribution < -0.4 is 5.32 Å². The van der Waals surface area contributed by atoms with E-state index in [0.717, 1.165) is 4.62 Å². The van der Waals surface area contributed by atoms with Gasteiger partial charge < -0.3 is 0 Å². The van der Waals surface area contributed by atoms with Crippen molar-refractivity contribution >= 4 is 24.5 Å². The Kier molecular flexibility index (Phi) is 13.5. The molecule has 1 heterocycles. The van der Waals surface area contributed by atoms with Gasteiger partial charge in [-0.1, -0.05) is 0 Å². The van der Waals surface area contributed by atoms with Gasteiger partial charge in [0.05, 0.1) is 0 Å². The molecule has 32 heavy (non-hydrogen) atoms. The van der Waals surface area contributed by atoms with E-state index in [1.165, 1.54) is 51.8 Å².